The highest BCUT2D eigenvalue weighted by Gasteiger charge is 2.32. The van der Waals surface area contributed by atoms with E-state index in [0.29, 0.717) is 12.5 Å². The molecule has 3 heterocycles. The molecule has 4 heteroatoms. The standard InChI is InChI=1S/C17H21N3O/c21-17(20-9-8-19-7-3-4-14(19)12-20)10-13-11-18-16-6-2-1-5-15(13)16/h1-2,5-6,11,14,18H,3-4,7-10,12H2. The summed E-state index contributed by atoms with van der Waals surface area (Å²) in [4.78, 5) is 20.4. The van der Waals surface area contributed by atoms with Crippen molar-refractivity contribution in [3.05, 3.63) is 36.0 Å². The lowest BCUT2D eigenvalue weighted by molar-refractivity contribution is -0.133. The van der Waals surface area contributed by atoms with Gasteiger partial charge in [-0.25, -0.2) is 0 Å². The van der Waals surface area contributed by atoms with E-state index in [-0.39, 0.29) is 5.91 Å². The molecule has 110 valence electrons. The van der Waals surface area contributed by atoms with Crippen LogP contribution in [0.2, 0.25) is 0 Å². The number of aromatic amines is 1. The first-order valence-electron chi connectivity index (χ1n) is 7.88. The van der Waals surface area contributed by atoms with E-state index in [1.165, 1.54) is 24.8 Å². The second-order valence-electron chi connectivity index (χ2n) is 6.21. The maximum atomic E-state index is 12.6. The van der Waals surface area contributed by atoms with E-state index in [2.05, 4.69) is 26.9 Å². The Morgan fingerprint density at radius 2 is 2.14 bits per heavy atom. The number of aromatic nitrogens is 1. The van der Waals surface area contributed by atoms with E-state index in [1.54, 1.807) is 0 Å². The minimum absolute atomic E-state index is 0.270. The number of hydrogen-bond acceptors (Lipinski definition) is 2. The second kappa shape index (κ2) is 5.19. The van der Waals surface area contributed by atoms with Gasteiger partial charge in [-0.05, 0) is 31.0 Å². The van der Waals surface area contributed by atoms with Crippen molar-refractivity contribution >= 4 is 16.8 Å². The van der Waals surface area contributed by atoms with Crippen molar-refractivity contribution in [2.24, 2.45) is 0 Å². The van der Waals surface area contributed by atoms with Crippen molar-refractivity contribution in [2.45, 2.75) is 25.3 Å². The fraction of sp³-hybridized carbons (Fsp3) is 0.471. The van der Waals surface area contributed by atoms with Crippen LogP contribution in [0.25, 0.3) is 10.9 Å². The summed E-state index contributed by atoms with van der Waals surface area (Å²) in [6, 6.07) is 8.79. The Kier molecular flexibility index (Phi) is 3.19. The molecule has 2 aliphatic rings. The minimum Gasteiger partial charge on any atom is -0.361 e. The molecule has 1 aromatic carbocycles. The number of H-pyrrole nitrogens is 1. The van der Waals surface area contributed by atoms with Gasteiger partial charge in [0.1, 0.15) is 0 Å². The van der Waals surface area contributed by atoms with Gasteiger partial charge in [-0.1, -0.05) is 18.2 Å². The molecule has 1 atom stereocenters. The zero-order chi connectivity index (χ0) is 14.2. The molecule has 0 radical (unpaired) electrons. The minimum atomic E-state index is 0.270. The molecule has 2 saturated heterocycles. The predicted molar refractivity (Wildman–Crippen MR) is 83.2 cm³/mol. The van der Waals surface area contributed by atoms with Crippen LogP contribution < -0.4 is 0 Å². The third kappa shape index (κ3) is 2.33. The van der Waals surface area contributed by atoms with Crippen LogP contribution in [0.1, 0.15) is 18.4 Å². The molecule has 1 amide bonds. The molecule has 0 saturated carbocycles. The first-order chi connectivity index (χ1) is 10.3. The molecule has 2 aromatic rings. The fourth-order valence-corrected chi connectivity index (χ4v) is 3.77. The second-order valence-corrected chi connectivity index (χ2v) is 6.21. The van der Waals surface area contributed by atoms with Crippen molar-refractivity contribution in [3.8, 4) is 0 Å². The van der Waals surface area contributed by atoms with Gasteiger partial charge in [-0.15, -0.1) is 0 Å². The Morgan fingerprint density at radius 3 is 3.10 bits per heavy atom. The lowest BCUT2D eigenvalue weighted by Gasteiger charge is -2.37. The highest BCUT2D eigenvalue weighted by Crippen LogP contribution is 2.23. The van der Waals surface area contributed by atoms with Crippen LogP contribution in [0, 0.1) is 0 Å². The molecule has 0 bridgehead atoms. The average Bonchev–Trinajstić information content (AvgIpc) is 3.13. The Hall–Kier alpha value is -1.81. The maximum absolute atomic E-state index is 12.6. The first-order valence-corrected chi connectivity index (χ1v) is 7.88. The third-order valence-electron chi connectivity index (χ3n) is 4.96. The summed E-state index contributed by atoms with van der Waals surface area (Å²) >= 11 is 0. The van der Waals surface area contributed by atoms with Crippen molar-refractivity contribution < 1.29 is 4.79 Å². The summed E-state index contributed by atoms with van der Waals surface area (Å²) in [6.45, 7) is 4.07. The Balaban J connectivity index is 1.48. The van der Waals surface area contributed by atoms with Gasteiger partial charge in [0.05, 0.1) is 6.42 Å². The first kappa shape index (κ1) is 12.9. The number of rotatable bonds is 2. The Morgan fingerprint density at radius 1 is 1.24 bits per heavy atom. The molecule has 1 aromatic heterocycles. The van der Waals surface area contributed by atoms with Gasteiger partial charge in [0.15, 0.2) is 0 Å². The number of amides is 1. The summed E-state index contributed by atoms with van der Waals surface area (Å²) in [5.74, 6) is 0.270. The van der Waals surface area contributed by atoms with E-state index in [0.717, 1.165) is 30.7 Å². The highest BCUT2D eigenvalue weighted by atomic mass is 16.2. The average molecular weight is 283 g/mol. The van der Waals surface area contributed by atoms with Crippen molar-refractivity contribution in [1.82, 2.24) is 14.8 Å². The molecule has 4 rings (SSSR count). The zero-order valence-electron chi connectivity index (χ0n) is 12.2. The van der Waals surface area contributed by atoms with E-state index in [4.69, 9.17) is 0 Å². The topological polar surface area (TPSA) is 39.3 Å². The van der Waals surface area contributed by atoms with Gasteiger partial charge in [-0.3, -0.25) is 9.69 Å². The molecule has 0 aliphatic carbocycles. The lowest BCUT2D eigenvalue weighted by atomic mass is 10.1. The number of para-hydroxylation sites is 1. The van der Waals surface area contributed by atoms with E-state index in [9.17, 15) is 4.79 Å². The smallest absolute Gasteiger partial charge is 0.227 e. The monoisotopic (exact) mass is 283 g/mol. The van der Waals surface area contributed by atoms with Gasteiger partial charge in [-0.2, -0.15) is 0 Å². The quantitative estimate of drug-likeness (QED) is 0.916. The number of carbonyl (C=O) groups is 1. The SMILES string of the molecule is O=C(Cc1c[nH]c2ccccc12)N1CCN2CCCC2C1. The van der Waals surface area contributed by atoms with Crippen LogP contribution in [0.15, 0.2) is 30.5 Å². The van der Waals surface area contributed by atoms with Gasteiger partial charge < -0.3 is 9.88 Å². The fourth-order valence-electron chi connectivity index (χ4n) is 3.77. The largest absolute Gasteiger partial charge is 0.361 e. The van der Waals surface area contributed by atoms with Crippen LogP contribution >= 0.6 is 0 Å². The van der Waals surface area contributed by atoms with Crippen LogP contribution in [-0.2, 0) is 11.2 Å². The third-order valence-corrected chi connectivity index (χ3v) is 4.96. The number of benzene rings is 1. The Bertz CT molecular complexity index is 663. The molecule has 2 fully saturated rings. The number of carbonyl (C=O) groups excluding carboxylic acids is 1. The van der Waals surface area contributed by atoms with E-state index >= 15 is 0 Å². The molecule has 1 unspecified atom stereocenters. The number of nitrogens with one attached hydrogen (secondary N) is 1. The summed E-state index contributed by atoms with van der Waals surface area (Å²) in [5, 5.41) is 1.17. The molecule has 1 N–H and O–H groups in total. The number of nitrogens with zero attached hydrogens (tertiary/aromatic N) is 2. The van der Waals surface area contributed by atoms with Crippen LogP contribution in [0.3, 0.4) is 0 Å². The number of piperazine rings is 1. The van der Waals surface area contributed by atoms with Crippen LogP contribution in [0.4, 0.5) is 0 Å². The summed E-state index contributed by atoms with van der Waals surface area (Å²) in [5.41, 5.74) is 2.23. The zero-order valence-corrected chi connectivity index (χ0v) is 12.2. The van der Waals surface area contributed by atoms with Gasteiger partial charge in [0.2, 0.25) is 5.91 Å². The van der Waals surface area contributed by atoms with E-state index in [1.807, 2.05) is 18.3 Å². The number of hydrogen-bond donors (Lipinski definition) is 1. The number of fused-ring (bicyclic) bond motifs is 2. The Labute approximate surface area is 124 Å². The van der Waals surface area contributed by atoms with Gasteiger partial charge >= 0.3 is 0 Å². The van der Waals surface area contributed by atoms with Gasteiger partial charge in [0, 0.05) is 42.8 Å². The molecule has 21 heavy (non-hydrogen) atoms. The maximum Gasteiger partial charge on any atom is 0.227 e. The molecule has 0 spiro atoms. The van der Waals surface area contributed by atoms with Crippen molar-refractivity contribution in [1.29, 1.82) is 0 Å². The molecular weight excluding hydrogens is 262 g/mol. The summed E-state index contributed by atoms with van der Waals surface area (Å²) in [6.07, 6.45) is 5.02. The van der Waals surface area contributed by atoms with Crippen molar-refractivity contribution in [3.63, 3.8) is 0 Å². The lowest BCUT2D eigenvalue weighted by Crippen LogP contribution is -2.52. The molecule has 2 aliphatic heterocycles. The van der Waals surface area contributed by atoms with Gasteiger partial charge in [0.25, 0.3) is 0 Å². The normalized spacial score (nSPS) is 22.7. The summed E-state index contributed by atoms with van der Waals surface area (Å²) in [7, 11) is 0. The predicted octanol–water partition coefficient (Wildman–Crippen LogP) is 2.02. The summed E-state index contributed by atoms with van der Waals surface area (Å²) < 4.78 is 0. The molecule has 4 nitrogen and oxygen atoms in total. The van der Waals surface area contributed by atoms with Crippen LogP contribution in [-0.4, -0.2) is 52.9 Å². The van der Waals surface area contributed by atoms with Crippen molar-refractivity contribution in [2.75, 3.05) is 26.2 Å². The van der Waals surface area contributed by atoms with Crippen LogP contribution in [0.5, 0.6) is 0 Å². The highest BCUT2D eigenvalue weighted by molar-refractivity contribution is 5.88. The molecular formula is C17H21N3O. The van der Waals surface area contributed by atoms with E-state index < -0.39 is 0 Å².